The van der Waals surface area contributed by atoms with Crippen LogP contribution in [0.1, 0.15) is 36.8 Å². The van der Waals surface area contributed by atoms with Crippen LogP contribution in [-0.2, 0) is 13.0 Å². The van der Waals surface area contributed by atoms with E-state index < -0.39 is 0 Å². The second-order valence-electron chi connectivity index (χ2n) is 5.62. The zero-order valence-electron chi connectivity index (χ0n) is 12.2. The molecule has 1 aromatic carbocycles. The van der Waals surface area contributed by atoms with Gasteiger partial charge in [0.15, 0.2) is 0 Å². The second-order valence-corrected chi connectivity index (χ2v) is 5.62. The van der Waals surface area contributed by atoms with Gasteiger partial charge in [0.05, 0.1) is 0 Å². The lowest BCUT2D eigenvalue weighted by atomic mass is 10.0. The first-order chi connectivity index (χ1) is 9.45. The molecule has 0 amide bonds. The Morgan fingerprint density at radius 1 is 1.30 bits per heavy atom. The van der Waals surface area contributed by atoms with Gasteiger partial charge in [0, 0.05) is 19.0 Å². The third-order valence-electron chi connectivity index (χ3n) is 3.13. The SMILES string of the molecule is Cc1cc(F)cc(C(N)Cc2ncnn2CC(C)C)c1. The summed E-state index contributed by atoms with van der Waals surface area (Å²) in [6.07, 6.45) is 2.09. The van der Waals surface area contributed by atoms with Crippen LogP contribution < -0.4 is 5.73 Å². The average molecular weight is 276 g/mol. The number of aromatic nitrogens is 3. The third-order valence-corrected chi connectivity index (χ3v) is 3.13. The molecule has 0 spiro atoms. The highest BCUT2D eigenvalue weighted by atomic mass is 19.1. The summed E-state index contributed by atoms with van der Waals surface area (Å²) in [7, 11) is 0. The van der Waals surface area contributed by atoms with E-state index in [2.05, 4.69) is 23.9 Å². The zero-order valence-corrected chi connectivity index (χ0v) is 12.2. The van der Waals surface area contributed by atoms with Crippen LogP contribution in [0, 0.1) is 18.7 Å². The van der Waals surface area contributed by atoms with Crippen molar-refractivity contribution in [1.29, 1.82) is 0 Å². The molecule has 2 aromatic rings. The number of halogens is 1. The summed E-state index contributed by atoms with van der Waals surface area (Å²) in [6.45, 7) is 6.92. The van der Waals surface area contributed by atoms with Crippen molar-refractivity contribution in [2.24, 2.45) is 11.7 Å². The van der Waals surface area contributed by atoms with Gasteiger partial charge in [-0.25, -0.2) is 14.1 Å². The lowest BCUT2D eigenvalue weighted by Crippen LogP contribution is -2.18. The first-order valence-electron chi connectivity index (χ1n) is 6.85. The Bertz CT molecular complexity index is 557. The van der Waals surface area contributed by atoms with Crippen LogP contribution in [0.4, 0.5) is 4.39 Å². The standard InChI is InChI=1S/C15H21FN4/c1-10(2)8-20-15(18-9-19-20)7-14(17)12-4-11(3)5-13(16)6-12/h4-6,9-10,14H,7-8,17H2,1-3H3. The molecule has 2 N–H and O–H groups in total. The van der Waals surface area contributed by atoms with E-state index in [4.69, 9.17) is 5.73 Å². The van der Waals surface area contributed by atoms with Crippen LogP contribution in [0.25, 0.3) is 0 Å². The number of nitrogens with zero attached hydrogens (tertiary/aromatic N) is 3. The van der Waals surface area contributed by atoms with E-state index >= 15 is 0 Å². The fourth-order valence-electron chi connectivity index (χ4n) is 2.24. The van der Waals surface area contributed by atoms with Gasteiger partial charge in [-0.05, 0) is 36.1 Å². The lowest BCUT2D eigenvalue weighted by Gasteiger charge is -2.14. The highest BCUT2D eigenvalue weighted by molar-refractivity contribution is 5.26. The monoisotopic (exact) mass is 276 g/mol. The number of hydrogen-bond acceptors (Lipinski definition) is 3. The van der Waals surface area contributed by atoms with E-state index in [0.717, 1.165) is 23.5 Å². The van der Waals surface area contributed by atoms with Crippen LogP contribution >= 0.6 is 0 Å². The van der Waals surface area contributed by atoms with Crippen LogP contribution in [0.3, 0.4) is 0 Å². The molecule has 0 bridgehead atoms. The third kappa shape index (κ3) is 3.63. The number of aryl methyl sites for hydroxylation is 1. The predicted molar refractivity (Wildman–Crippen MR) is 76.6 cm³/mol. The Labute approximate surface area is 118 Å². The summed E-state index contributed by atoms with van der Waals surface area (Å²) in [5.74, 6) is 1.08. The maximum absolute atomic E-state index is 13.4. The van der Waals surface area contributed by atoms with Crippen molar-refractivity contribution in [3.05, 3.63) is 47.3 Å². The summed E-state index contributed by atoms with van der Waals surface area (Å²) in [5, 5.41) is 4.21. The van der Waals surface area contributed by atoms with E-state index in [9.17, 15) is 4.39 Å². The number of rotatable bonds is 5. The number of hydrogen-bond donors (Lipinski definition) is 1. The van der Waals surface area contributed by atoms with Gasteiger partial charge in [0.25, 0.3) is 0 Å². The fourth-order valence-corrected chi connectivity index (χ4v) is 2.24. The van der Waals surface area contributed by atoms with Crippen LogP contribution in [-0.4, -0.2) is 14.8 Å². The Morgan fingerprint density at radius 2 is 2.05 bits per heavy atom. The van der Waals surface area contributed by atoms with Gasteiger partial charge in [-0.3, -0.25) is 0 Å². The van der Waals surface area contributed by atoms with E-state index in [-0.39, 0.29) is 11.9 Å². The topological polar surface area (TPSA) is 56.7 Å². The van der Waals surface area contributed by atoms with E-state index in [1.807, 2.05) is 17.7 Å². The molecule has 0 radical (unpaired) electrons. The molecule has 0 aliphatic heterocycles. The molecule has 108 valence electrons. The normalized spacial score (nSPS) is 12.9. The van der Waals surface area contributed by atoms with E-state index in [1.165, 1.54) is 12.1 Å². The van der Waals surface area contributed by atoms with Gasteiger partial charge in [-0.1, -0.05) is 19.9 Å². The lowest BCUT2D eigenvalue weighted by molar-refractivity contribution is 0.459. The van der Waals surface area contributed by atoms with Gasteiger partial charge in [-0.2, -0.15) is 5.10 Å². The smallest absolute Gasteiger partial charge is 0.138 e. The molecular weight excluding hydrogens is 255 g/mol. The van der Waals surface area contributed by atoms with E-state index in [1.54, 1.807) is 6.33 Å². The van der Waals surface area contributed by atoms with Gasteiger partial charge < -0.3 is 5.73 Å². The molecule has 1 unspecified atom stereocenters. The van der Waals surface area contributed by atoms with Crippen LogP contribution in [0.5, 0.6) is 0 Å². The first-order valence-corrected chi connectivity index (χ1v) is 6.85. The number of nitrogens with two attached hydrogens (primary N) is 1. The average Bonchev–Trinajstić information content (AvgIpc) is 2.74. The van der Waals surface area contributed by atoms with Gasteiger partial charge in [0.2, 0.25) is 0 Å². The summed E-state index contributed by atoms with van der Waals surface area (Å²) in [5.41, 5.74) is 7.84. The van der Waals surface area contributed by atoms with Gasteiger partial charge in [0.1, 0.15) is 18.0 Å². The molecule has 1 atom stereocenters. The number of benzene rings is 1. The maximum Gasteiger partial charge on any atom is 0.138 e. The van der Waals surface area contributed by atoms with Gasteiger partial charge in [-0.15, -0.1) is 0 Å². The minimum absolute atomic E-state index is 0.251. The quantitative estimate of drug-likeness (QED) is 0.913. The van der Waals surface area contributed by atoms with Crippen LogP contribution in [0.2, 0.25) is 0 Å². The Hall–Kier alpha value is -1.75. The summed E-state index contributed by atoms with van der Waals surface area (Å²) < 4.78 is 15.3. The van der Waals surface area contributed by atoms with Crippen molar-refractivity contribution in [3.63, 3.8) is 0 Å². The maximum atomic E-state index is 13.4. The highest BCUT2D eigenvalue weighted by Gasteiger charge is 2.14. The molecule has 0 fully saturated rings. The Morgan fingerprint density at radius 3 is 2.70 bits per heavy atom. The highest BCUT2D eigenvalue weighted by Crippen LogP contribution is 2.18. The molecule has 0 saturated carbocycles. The van der Waals surface area contributed by atoms with E-state index in [0.29, 0.717) is 12.3 Å². The molecule has 0 aliphatic rings. The Balaban J connectivity index is 2.15. The molecular formula is C15H21FN4. The first kappa shape index (κ1) is 14.7. The molecule has 2 rings (SSSR count). The van der Waals surface area contributed by atoms with Crippen molar-refractivity contribution in [1.82, 2.24) is 14.8 Å². The summed E-state index contributed by atoms with van der Waals surface area (Å²) in [4.78, 5) is 4.26. The Kier molecular flexibility index (Phi) is 4.49. The fraction of sp³-hybridized carbons (Fsp3) is 0.467. The summed E-state index contributed by atoms with van der Waals surface area (Å²) >= 11 is 0. The molecule has 1 heterocycles. The zero-order chi connectivity index (χ0) is 14.7. The predicted octanol–water partition coefficient (Wildman–Crippen LogP) is 2.62. The molecule has 1 aromatic heterocycles. The van der Waals surface area contributed by atoms with Crippen molar-refractivity contribution in [3.8, 4) is 0 Å². The van der Waals surface area contributed by atoms with Crippen molar-refractivity contribution in [2.75, 3.05) is 0 Å². The largest absolute Gasteiger partial charge is 0.324 e. The second kappa shape index (κ2) is 6.13. The molecule has 20 heavy (non-hydrogen) atoms. The minimum atomic E-state index is -0.278. The van der Waals surface area contributed by atoms with Crippen molar-refractivity contribution < 1.29 is 4.39 Å². The summed E-state index contributed by atoms with van der Waals surface area (Å²) in [6, 6.07) is 4.62. The molecule has 4 nitrogen and oxygen atoms in total. The molecule has 0 saturated heterocycles. The van der Waals surface area contributed by atoms with Crippen molar-refractivity contribution >= 4 is 0 Å². The van der Waals surface area contributed by atoms with Crippen molar-refractivity contribution in [2.45, 2.75) is 39.8 Å². The minimum Gasteiger partial charge on any atom is -0.324 e. The van der Waals surface area contributed by atoms with Gasteiger partial charge >= 0.3 is 0 Å². The van der Waals surface area contributed by atoms with Crippen LogP contribution in [0.15, 0.2) is 24.5 Å². The molecule has 0 aliphatic carbocycles. The molecule has 5 heteroatoms.